The van der Waals surface area contributed by atoms with E-state index in [-0.39, 0.29) is 0 Å². The Morgan fingerprint density at radius 1 is 0.528 bits per heavy atom. The van der Waals surface area contributed by atoms with Gasteiger partial charge in [0.15, 0.2) is 0 Å². The number of aromatic nitrogens is 2. The summed E-state index contributed by atoms with van der Waals surface area (Å²) >= 11 is 0. The van der Waals surface area contributed by atoms with Gasteiger partial charge in [-0.25, -0.2) is 0 Å². The molecule has 2 heterocycles. The van der Waals surface area contributed by atoms with Crippen molar-refractivity contribution in [3.05, 3.63) is 97.1 Å². The number of benzene rings is 4. The van der Waals surface area contributed by atoms with Gasteiger partial charge in [-0.05, 0) is 69.1 Å². The Kier molecular flexibility index (Phi) is 6.13. The highest BCUT2D eigenvalue weighted by atomic mass is 33.1. The molecule has 6 aromatic rings. The zero-order chi connectivity index (χ0) is 24.5. The van der Waals surface area contributed by atoms with Crippen molar-refractivity contribution in [1.82, 2.24) is 9.97 Å². The van der Waals surface area contributed by atoms with E-state index in [2.05, 4.69) is 82.8 Å². The number of hydrogen-bond donors (Lipinski definition) is 2. The van der Waals surface area contributed by atoms with E-state index >= 15 is 0 Å². The molecule has 0 fully saturated rings. The molecule has 36 heavy (non-hydrogen) atoms. The number of nitrogens with one attached hydrogen (secondary N) is 2. The summed E-state index contributed by atoms with van der Waals surface area (Å²) < 4.78 is 11.1. The second-order valence-electron chi connectivity index (χ2n) is 8.38. The van der Waals surface area contributed by atoms with Gasteiger partial charge in [0.2, 0.25) is 0 Å². The number of fused-ring (bicyclic) bond motifs is 2. The van der Waals surface area contributed by atoms with Crippen molar-refractivity contribution in [3.8, 4) is 33.8 Å². The van der Waals surface area contributed by atoms with Crippen LogP contribution >= 0.6 is 21.6 Å². The van der Waals surface area contributed by atoms with Gasteiger partial charge in [0.05, 0.1) is 24.3 Å². The smallest absolute Gasteiger partial charge is 0.119 e. The van der Waals surface area contributed by atoms with Crippen LogP contribution in [-0.4, -0.2) is 24.2 Å². The van der Waals surface area contributed by atoms with Crippen LogP contribution in [0.3, 0.4) is 0 Å². The molecule has 0 amide bonds. The normalized spacial score (nSPS) is 11.3. The minimum absolute atomic E-state index is 0.846. The monoisotopic (exact) mass is 508 g/mol. The average Bonchev–Trinajstić information content (AvgIpc) is 3.49. The van der Waals surface area contributed by atoms with E-state index < -0.39 is 0 Å². The molecule has 0 saturated carbocycles. The van der Waals surface area contributed by atoms with Crippen LogP contribution in [0.15, 0.2) is 107 Å². The van der Waals surface area contributed by atoms with Crippen LogP contribution in [0.1, 0.15) is 0 Å². The quantitative estimate of drug-likeness (QED) is 0.212. The Balaban J connectivity index is 1.46. The maximum Gasteiger partial charge on any atom is 0.119 e. The molecule has 0 atom stereocenters. The van der Waals surface area contributed by atoms with Crippen LogP contribution in [0, 0.1) is 0 Å². The molecule has 0 aliphatic heterocycles. The molecule has 6 heteroatoms. The Morgan fingerprint density at radius 3 is 1.33 bits per heavy atom. The fraction of sp³-hybridized carbons (Fsp3) is 0.0667. The van der Waals surface area contributed by atoms with Gasteiger partial charge < -0.3 is 19.4 Å². The number of rotatable bonds is 7. The van der Waals surface area contributed by atoms with E-state index in [1.54, 1.807) is 35.8 Å². The molecule has 0 radical (unpaired) electrons. The third kappa shape index (κ3) is 4.12. The van der Waals surface area contributed by atoms with Crippen LogP contribution in [0.5, 0.6) is 11.5 Å². The molecule has 4 aromatic carbocycles. The Morgan fingerprint density at radius 2 is 0.944 bits per heavy atom. The first-order chi connectivity index (χ1) is 17.7. The summed E-state index contributed by atoms with van der Waals surface area (Å²) in [5.41, 5.74) is 6.88. The van der Waals surface area contributed by atoms with Crippen molar-refractivity contribution >= 4 is 43.4 Å². The van der Waals surface area contributed by atoms with E-state index in [1.165, 1.54) is 22.3 Å². The van der Waals surface area contributed by atoms with Crippen molar-refractivity contribution < 1.29 is 9.47 Å². The van der Waals surface area contributed by atoms with Gasteiger partial charge in [-0.15, -0.1) is 0 Å². The number of H-pyrrole nitrogens is 2. The zero-order valence-corrected chi connectivity index (χ0v) is 21.5. The lowest BCUT2D eigenvalue weighted by atomic mass is 10.0. The van der Waals surface area contributed by atoms with Crippen molar-refractivity contribution in [2.24, 2.45) is 0 Å². The third-order valence-electron chi connectivity index (χ3n) is 6.28. The SMILES string of the molecule is COc1ccc2[nH]c(SSc3[nH]c4ccc(OC)cc4c3-c3ccccc3)c(-c3ccccc3)c2c1. The van der Waals surface area contributed by atoms with Gasteiger partial charge in [0, 0.05) is 32.9 Å². The standard InChI is InChI=1S/C30H24N2O2S2/c1-33-21-13-15-25-23(17-21)27(19-9-5-3-6-10-19)29(31-25)35-36-30-28(20-11-7-4-8-12-20)24-18-22(34-2)14-16-26(24)32-30/h3-18,31-32H,1-2H3. The van der Waals surface area contributed by atoms with Crippen molar-refractivity contribution in [1.29, 1.82) is 0 Å². The van der Waals surface area contributed by atoms with Crippen LogP contribution in [0.2, 0.25) is 0 Å². The Bertz CT molecular complexity index is 1530. The van der Waals surface area contributed by atoms with Crippen molar-refractivity contribution in [3.63, 3.8) is 0 Å². The molecule has 0 saturated heterocycles. The summed E-state index contributed by atoms with van der Waals surface area (Å²) in [4.78, 5) is 7.30. The minimum Gasteiger partial charge on any atom is -0.497 e. The first-order valence-electron chi connectivity index (χ1n) is 11.6. The fourth-order valence-electron chi connectivity index (χ4n) is 4.54. The number of hydrogen-bond acceptors (Lipinski definition) is 4. The Labute approximate surface area is 217 Å². The van der Waals surface area contributed by atoms with E-state index in [4.69, 9.17) is 9.47 Å². The molecule has 0 bridgehead atoms. The van der Waals surface area contributed by atoms with Gasteiger partial charge in [0.25, 0.3) is 0 Å². The second-order valence-corrected chi connectivity index (χ2v) is 10.5. The van der Waals surface area contributed by atoms with Crippen LogP contribution in [-0.2, 0) is 0 Å². The van der Waals surface area contributed by atoms with Crippen molar-refractivity contribution in [2.75, 3.05) is 14.2 Å². The molecule has 0 aliphatic carbocycles. The highest BCUT2D eigenvalue weighted by Crippen LogP contribution is 2.49. The summed E-state index contributed by atoms with van der Waals surface area (Å²) in [6, 6.07) is 33.4. The van der Waals surface area contributed by atoms with Crippen LogP contribution in [0.4, 0.5) is 0 Å². The molecule has 2 aromatic heterocycles. The lowest BCUT2D eigenvalue weighted by Gasteiger charge is -2.07. The molecule has 2 N–H and O–H groups in total. The van der Waals surface area contributed by atoms with E-state index in [1.807, 2.05) is 24.3 Å². The highest BCUT2D eigenvalue weighted by Gasteiger charge is 2.19. The topological polar surface area (TPSA) is 50.0 Å². The third-order valence-corrected chi connectivity index (χ3v) is 8.55. The van der Waals surface area contributed by atoms with E-state index in [0.717, 1.165) is 43.4 Å². The first kappa shape index (κ1) is 22.7. The summed E-state index contributed by atoms with van der Waals surface area (Å²) in [6.07, 6.45) is 0. The maximum absolute atomic E-state index is 5.53. The summed E-state index contributed by atoms with van der Waals surface area (Å²) in [6.45, 7) is 0. The van der Waals surface area contributed by atoms with Gasteiger partial charge in [-0.2, -0.15) is 0 Å². The highest BCUT2D eigenvalue weighted by molar-refractivity contribution is 8.76. The summed E-state index contributed by atoms with van der Waals surface area (Å²) in [5, 5.41) is 4.50. The summed E-state index contributed by atoms with van der Waals surface area (Å²) in [7, 11) is 6.86. The van der Waals surface area contributed by atoms with Crippen LogP contribution < -0.4 is 9.47 Å². The number of ether oxygens (including phenoxy) is 2. The minimum atomic E-state index is 0.846. The van der Waals surface area contributed by atoms with Crippen LogP contribution in [0.25, 0.3) is 44.1 Å². The predicted molar refractivity (Wildman–Crippen MR) is 152 cm³/mol. The van der Waals surface area contributed by atoms with E-state index in [0.29, 0.717) is 0 Å². The van der Waals surface area contributed by atoms with E-state index in [9.17, 15) is 0 Å². The molecule has 0 spiro atoms. The molecule has 0 unspecified atom stereocenters. The van der Waals surface area contributed by atoms with Gasteiger partial charge in [-0.1, -0.05) is 60.7 Å². The zero-order valence-electron chi connectivity index (χ0n) is 19.9. The average molecular weight is 509 g/mol. The fourth-order valence-corrected chi connectivity index (χ4v) is 6.88. The first-order valence-corrected chi connectivity index (χ1v) is 13.7. The molecule has 178 valence electrons. The predicted octanol–water partition coefficient (Wildman–Crippen LogP) is 8.80. The van der Waals surface area contributed by atoms with Gasteiger partial charge >= 0.3 is 0 Å². The van der Waals surface area contributed by atoms with Gasteiger partial charge in [0.1, 0.15) is 11.5 Å². The second kappa shape index (κ2) is 9.72. The molecule has 0 aliphatic rings. The lowest BCUT2D eigenvalue weighted by molar-refractivity contribution is 0.415. The number of aromatic amines is 2. The number of methoxy groups -OCH3 is 2. The van der Waals surface area contributed by atoms with Gasteiger partial charge in [-0.3, -0.25) is 0 Å². The largest absolute Gasteiger partial charge is 0.497 e. The lowest BCUT2D eigenvalue weighted by Crippen LogP contribution is -1.82. The summed E-state index contributed by atoms with van der Waals surface area (Å²) in [5.74, 6) is 1.69. The molecule has 6 rings (SSSR count). The molecular formula is C30H24N2O2S2. The molecular weight excluding hydrogens is 484 g/mol. The van der Waals surface area contributed by atoms with Crippen molar-refractivity contribution in [2.45, 2.75) is 10.1 Å². The maximum atomic E-state index is 5.53. The Hall–Kier alpha value is -3.74. The molecule has 4 nitrogen and oxygen atoms in total.